The van der Waals surface area contributed by atoms with Crippen LogP contribution in [0.2, 0.25) is 0 Å². The van der Waals surface area contributed by atoms with Crippen molar-refractivity contribution in [2.45, 2.75) is 6.92 Å². The number of hydrogen-bond donors (Lipinski definition) is 1. The SMILES string of the molecule is COC(=O)C(C)CN(CCOCCO)C(=O)c1ccc(OC)c(OC)c1. The van der Waals surface area contributed by atoms with Crippen LogP contribution >= 0.6 is 0 Å². The standard InChI is InChI=1S/C18H27NO7/c1-13(18(22)25-4)12-19(7-9-26-10-8-20)17(21)14-5-6-15(23-2)16(11-14)24-3/h5-6,11,13,20H,7-10,12H2,1-4H3. The Balaban J connectivity index is 2.96. The molecule has 0 radical (unpaired) electrons. The molecular weight excluding hydrogens is 342 g/mol. The molecule has 0 aromatic heterocycles. The fourth-order valence-corrected chi connectivity index (χ4v) is 2.38. The number of esters is 1. The van der Waals surface area contributed by atoms with Crippen LogP contribution in [0.4, 0.5) is 0 Å². The van der Waals surface area contributed by atoms with E-state index >= 15 is 0 Å². The number of methoxy groups -OCH3 is 3. The van der Waals surface area contributed by atoms with Crippen LogP contribution in [-0.2, 0) is 14.3 Å². The number of ether oxygens (including phenoxy) is 4. The van der Waals surface area contributed by atoms with E-state index in [9.17, 15) is 9.59 Å². The van der Waals surface area contributed by atoms with Crippen LogP contribution in [0.5, 0.6) is 11.5 Å². The first-order chi connectivity index (χ1) is 12.5. The van der Waals surface area contributed by atoms with Crippen molar-refractivity contribution in [3.05, 3.63) is 23.8 Å². The number of carbonyl (C=O) groups excluding carboxylic acids is 2. The summed E-state index contributed by atoms with van der Waals surface area (Å²) in [5.74, 6) is -0.191. The van der Waals surface area contributed by atoms with Gasteiger partial charge in [0.25, 0.3) is 5.91 Å². The molecule has 26 heavy (non-hydrogen) atoms. The molecule has 1 aromatic rings. The number of rotatable bonds is 11. The molecule has 0 aliphatic heterocycles. The van der Waals surface area contributed by atoms with E-state index in [2.05, 4.69) is 0 Å². The molecule has 0 bridgehead atoms. The smallest absolute Gasteiger partial charge is 0.310 e. The van der Waals surface area contributed by atoms with Gasteiger partial charge in [0, 0.05) is 18.7 Å². The Kier molecular flexibility index (Phi) is 9.46. The van der Waals surface area contributed by atoms with E-state index in [4.69, 9.17) is 24.1 Å². The van der Waals surface area contributed by atoms with Gasteiger partial charge in [-0.05, 0) is 18.2 Å². The molecule has 8 nitrogen and oxygen atoms in total. The quantitative estimate of drug-likeness (QED) is 0.459. The molecule has 8 heteroatoms. The molecule has 0 saturated carbocycles. The highest BCUT2D eigenvalue weighted by atomic mass is 16.5. The molecule has 0 saturated heterocycles. The van der Waals surface area contributed by atoms with Crippen LogP contribution in [0.25, 0.3) is 0 Å². The lowest BCUT2D eigenvalue weighted by Crippen LogP contribution is -2.39. The number of hydrogen-bond acceptors (Lipinski definition) is 7. The number of aliphatic hydroxyl groups excluding tert-OH is 1. The van der Waals surface area contributed by atoms with Crippen LogP contribution in [-0.4, -0.2) is 76.1 Å². The van der Waals surface area contributed by atoms with Crippen molar-refractivity contribution in [1.29, 1.82) is 0 Å². The fourth-order valence-electron chi connectivity index (χ4n) is 2.38. The summed E-state index contributed by atoms with van der Waals surface area (Å²) in [4.78, 5) is 26.1. The van der Waals surface area contributed by atoms with Gasteiger partial charge in [-0.25, -0.2) is 0 Å². The number of nitrogens with zero attached hydrogens (tertiary/aromatic N) is 1. The lowest BCUT2D eigenvalue weighted by molar-refractivity contribution is -0.145. The fraction of sp³-hybridized carbons (Fsp3) is 0.556. The van der Waals surface area contributed by atoms with Crippen molar-refractivity contribution in [3.63, 3.8) is 0 Å². The highest BCUT2D eigenvalue weighted by molar-refractivity contribution is 5.95. The molecule has 1 amide bonds. The average Bonchev–Trinajstić information content (AvgIpc) is 2.68. The molecule has 0 fully saturated rings. The van der Waals surface area contributed by atoms with Crippen LogP contribution in [0.15, 0.2) is 18.2 Å². The molecule has 0 aliphatic carbocycles. The zero-order valence-electron chi connectivity index (χ0n) is 15.7. The zero-order chi connectivity index (χ0) is 19.5. The van der Waals surface area contributed by atoms with E-state index < -0.39 is 11.9 Å². The zero-order valence-corrected chi connectivity index (χ0v) is 15.7. The van der Waals surface area contributed by atoms with Crippen molar-refractivity contribution in [3.8, 4) is 11.5 Å². The summed E-state index contributed by atoms with van der Waals surface area (Å²) in [6, 6.07) is 4.87. The number of carbonyl (C=O) groups is 2. The van der Waals surface area contributed by atoms with Crippen molar-refractivity contribution in [2.75, 3.05) is 54.2 Å². The summed E-state index contributed by atoms with van der Waals surface area (Å²) < 4.78 is 20.4. The molecule has 1 N–H and O–H groups in total. The van der Waals surface area contributed by atoms with Gasteiger partial charge in [-0.3, -0.25) is 9.59 Å². The van der Waals surface area contributed by atoms with E-state index in [0.717, 1.165) is 0 Å². The first-order valence-corrected chi connectivity index (χ1v) is 8.26. The first-order valence-electron chi connectivity index (χ1n) is 8.26. The Morgan fingerprint density at radius 1 is 1.12 bits per heavy atom. The predicted molar refractivity (Wildman–Crippen MR) is 94.5 cm³/mol. The maximum Gasteiger partial charge on any atom is 0.310 e. The van der Waals surface area contributed by atoms with Gasteiger partial charge in [0.15, 0.2) is 11.5 Å². The van der Waals surface area contributed by atoms with Crippen LogP contribution in [0.3, 0.4) is 0 Å². The summed E-state index contributed by atoms with van der Waals surface area (Å²) >= 11 is 0. The summed E-state index contributed by atoms with van der Waals surface area (Å²) in [6.07, 6.45) is 0. The van der Waals surface area contributed by atoms with Gasteiger partial charge in [-0.2, -0.15) is 0 Å². The van der Waals surface area contributed by atoms with E-state index in [1.807, 2.05) is 0 Å². The molecule has 1 unspecified atom stereocenters. The van der Waals surface area contributed by atoms with E-state index in [1.54, 1.807) is 25.1 Å². The van der Waals surface area contributed by atoms with Crippen molar-refractivity contribution >= 4 is 11.9 Å². The van der Waals surface area contributed by atoms with Crippen LogP contribution in [0, 0.1) is 5.92 Å². The number of amides is 1. The minimum Gasteiger partial charge on any atom is -0.493 e. The van der Waals surface area contributed by atoms with Crippen molar-refractivity contribution in [1.82, 2.24) is 4.90 Å². The van der Waals surface area contributed by atoms with Crippen LogP contribution in [0.1, 0.15) is 17.3 Å². The lowest BCUT2D eigenvalue weighted by Gasteiger charge is -2.25. The number of aliphatic hydroxyl groups is 1. The Labute approximate surface area is 153 Å². The normalized spacial score (nSPS) is 11.6. The molecule has 0 heterocycles. The monoisotopic (exact) mass is 369 g/mol. The molecule has 0 aliphatic rings. The van der Waals surface area contributed by atoms with E-state index in [1.165, 1.54) is 26.2 Å². The Hall–Kier alpha value is -2.32. The second kappa shape index (κ2) is 11.3. The topological polar surface area (TPSA) is 94.5 Å². The predicted octanol–water partition coefficient (Wildman–Crippen LogP) is 0.964. The second-order valence-corrected chi connectivity index (χ2v) is 5.58. The highest BCUT2D eigenvalue weighted by Gasteiger charge is 2.23. The van der Waals surface area contributed by atoms with E-state index in [0.29, 0.717) is 17.1 Å². The Morgan fingerprint density at radius 2 is 1.81 bits per heavy atom. The lowest BCUT2D eigenvalue weighted by atomic mass is 10.1. The molecule has 0 spiro atoms. The molecule has 1 atom stereocenters. The Bertz CT molecular complexity index is 591. The Morgan fingerprint density at radius 3 is 2.38 bits per heavy atom. The van der Waals surface area contributed by atoms with Gasteiger partial charge in [-0.1, -0.05) is 6.92 Å². The summed E-state index contributed by atoms with van der Waals surface area (Å²) in [5.41, 5.74) is 0.405. The van der Waals surface area contributed by atoms with Crippen molar-refractivity contribution in [2.24, 2.45) is 5.92 Å². The summed E-state index contributed by atoms with van der Waals surface area (Å²) in [6.45, 7) is 2.48. The third-order valence-corrected chi connectivity index (χ3v) is 3.76. The minimum atomic E-state index is -0.484. The van der Waals surface area contributed by atoms with Gasteiger partial charge in [0.1, 0.15) is 0 Å². The second-order valence-electron chi connectivity index (χ2n) is 5.58. The molecular formula is C18H27NO7. The van der Waals surface area contributed by atoms with Crippen LogP contribution < -0.4 is 9.47 Å². The van der Waals surface area contributed by atoms with Gasteiger partial charge >= 0.3 is 5.97 Å². The maximum absolute atomic E-state index is 12.9. The molecule has 1 aromatic carbocycles. The van der Waals surface area contributed by atoms with Crippen molar-refractivity contribution < 1.29 is 33.6 Å². The van der Waals surface area contributed by atoms with Gasteiger partial charge in [0.2, 0.25) is 0 Å². The summed E-state index contributed by atoms with van der Waals surface area (Å²) in [7, 11) is 4.32. The van der Waals surface area contributed by atoms with Gasteiger partial charge < -0.3 is 29.0 Å². The van der Waals surface area contributed by atoms with Gasteiger partial charge in [0.05, 0.1) is 47.1 Å². The maximum atomic E-state index is 12.9. The van der Waals surface area contributed by atoms with E-state index in [-0.39, 0.29) is 38.8 Å². The third kappa shape index (κ3) is 6.20. The minimum absolute atomic E-state index is 0.0951. The number of benzene rings is 1. The largest absolute Gasteiger partial charge is 0.493 e. The van der Waals surface area contributed by atoms with Gasteiger partial charge in [-0.15, -0.1) is 0 Å². The summed E-state index contributed by atoms with van der Waals surface area (Å²) in [5, 5.41) is 8.78. The third-order valence-electron chi connectivity index (χ3n) is 3.76. The first kappa shape index (κ1) is 21.7. The average molecular weight is 369 g/mol. The highest BCUT2D eigenvalue weighted by Crippen LogP contribution is 2.28. The molecule has 146 valence electrons. The molecule has 1 rings (SSSR count).